The standard InChI is InChI=1S/C25H30N6O3/c1-30(20-9-11-31(15-20)25(33)16-32)14-19-4-2-17-12-21(5-6-22(17)28-19)34-24-7-3-18(13-26-24)23-8-10-27-29-23/h2-7,12-13,20,23,27,29,32H,8-11,14-16H2,1H3/t20-,23?/m0/s1. The summed E-state index contributed by atoms with van der Waals surface area (Å²) in [7, 11) is 2.05. The summed E-state index contributed by atoms with van der Waals surface area (Å²) in [4.78, 5) is 24.9. The molecule has 5 rings (SSSR count). The van der Waals surface area contributed by atoms with Crippen LogP contribution < -0.4 is 15.6 Å². The van der Waals surface area contributed by atoms with E-state index in [1.807, 2.05) is 42.6 Å². The lowest BCUT2D eigenvalue weighted by molar-refractivity contribution is -0.133. The predicted octanol–water partition coefficient (Wildman–Crippen LogP) is 1.99. The highest BCUT2D eigenvalue weighted by atomic mass is 16.5. The average Bonchev–Trinajstić information content (AvgIpc) is 3.57. The van der Waals surface area contributed by atoms with Crippen molar-refractivity contribution in [1.29, 1.82) is 0 Å². The Morgan fingerprint density at radius 1 is 1.24 bits per heavy atom. The van der Waals surface area contributed by atoms with Gasteiger partial charge in [-0.25, -0.2) is 4.98 Å². The third-order valence-electron chi connectivity index (χ3n) is 6.62. The van der Waals surface area contributed by atoms with Gasteiger partial charge in [0.15, 0.2) is 0 Å². The number of benzene rings is 1. The molecular formula is C25H30N6O3. The lowest BCUT2D eigenvalue weighted by Crippen LogP contribution is -2.37. The Hall–Kier alpha value is -3.11. The number of likely N-dealkylation sites (tertiary alicyclic amines) is 1. The minimum atomic E-state index is -0.425. The van der Waals surface area contributed by atoms with Crippen LogP contribution in [0.4, 0.5) is 0 Å². The Labute approximate surface area is 198 Å². The van der Waals surface area contributed by atoms with Crippen molar-refractivity contribution >= 4 is 16.8 Å². The van der Waals surface area contributed by atoms with Crippen LogP contribution in [0.15, 0.2) is 48.7 Å². The summed E-state index contributed by atoms with van der Waals surface area (Å²) in [6.45, 7) is 2.56. The molecule has 2 aromatic heterocycles. The number of carbonyl (C=O) groups is 1. The second-order valence-corrected chi connectivity index (χ2v) is 8.96. The zero-order chi connectivity index (χ0) is 23.5. The molecule has 0 saturated carbocycles. The van der Waals surface area contributed by atoms with E-state index in [0.29, 0.717) is 25.5 Å². The summed E-state index contributed by atoms with van der Waals surface area (Å²) >= 11 is 0. The fourth-order valence-electron chi connectivity index (χ4n) is 4.62. The van der Waals surface area contributed by atoms with E-state index in [1.165, 1.54) is 0 Å². The number of amides is 1. The molecule has 3 aromatic rings. The second-order valence-electron chi connectivity index (χ2n) is 8.96. The number of likely N-dealkylation sites (N-methyl/N-ethyl adjacent to an activating group) is 1. The molecule has 0 aliphatic carbocycles. The highest BCUT2D eigenvalue weighted by Crippen LogP contribution is 2.26. The molecule has 2 aliphatic rings. The fraction of sp³-hybridized carbons (Fsp3) is 0.400. The van der Waals surface area contributed by atoms with E-state index in [1.54, 1.807) is 4.90 Å². The van der Waals surface area contributed by atoms with E-state index in [0.717, 1.165) is 47.3 Å². The van der Waals surface area contributed by atoms with Gasteiger partial charge in [0.25, 0.3) is 0 Å². The van der Waals surface area contributed by atoms with Crippen LogP contribution in [-0.2, 0) is 11.3 Å². The summed E-state index contributed by atoms with van der Waals surface area (Å²) in [6, 6.07) is 14.4. The van der Waals surface area contributed by atoms with Crippen molar-refractivity contribution in [3.05, 3.63) is 59.9 Å². The van der Waals surface area contributed by atoms with Gasteiger partial charge in [0.05, 0.1) is 11.2 Å². The normalized spacial score (nSPS) is 20.4. The maximum atomic E-state index is 11.7. The minimum Gasteiger partial charge on any atom is -0.439 e. The van der Waals surface area contributed by atoms with E-state index >= 15 is 0 Å². The monoisotopic (exact) mass is 462 g/mol. The van der Waals surface area contributed by atoms with Crippen LogP contribution >= 0.6 is 0 Å². The molecule has 0 spiro atoms. The smallest absolute Gasteiger partial charge is 0.248 e. The van der Waals surface area contributed by atoms with Crippen LogP contribution in [0.5, 0.6) is 11.6 Å². The number of hydrogen-bond acceptors (Lipinski definition) is 8. The van der Waals surface area contributed by atoms with Gasteiger partial charge in [-0.1, -0.05) is 12.1 Å². The van der Waals surface area contributed by atoms with Crippen LogP contribution in [-0.4, -0.2) is 70.1 Å². The summed E-state index contributed by atoms with van der Waals surface area (Å²) < 4.78 is 5.97. The Morgan fingerprint density at radius 3 is 2.91 bits per heavy atom. The van der Waals surface area contributed by atoms with Crippen LogP contribution in [0.2, 0.25) is 0 Å². The number of aliphatic hydroxyl groups is 1. The van der Waals surface area contributed by atoms with Crippen molar-refractivity contribution in [1.82, 2.24) is 30.6 Å². The number of pyridine rings is 2. The summed E-state index contributed by atoms with van der Waals surface area (Å²) in [5.41, 5.74) is 9.40. The third-order valence-corrected chi connectivity index (χ3v) is 6.62. The molecule has 2 atom stereocenters. The Bertz CT molecular complexity index is 1150. The summed E-state index contributed by atoms with van der Waals surface area (Å²) in [5, 5.41) is 10.1. The number of fused-ring (bicyclic) bond motifs is 1. The molecule has 1 unspecified atom stereocenters. The van der Waals surface area contributed by atoms with Crippen molar-refractivity contribution in [2.75, 3.05) is 33.3 Å². The number of aliphatic hydroxyl groups excluding tert-OH is 1. The van der Waals surface area contributed by atoms with Gasteiger partial charge in [0.2, 0.25) is 11.8 Å². The van der Waals surface area contributed by atoms with Gasteiger partial charge in [-0.2, -0.15) is 0 Å². The molecule has 9 nitrogen and oxygen atoms in total. The molecular weight excluding hydrogens is 432 g/mol. The van der Waals surface area contributed by atoms with Crippen LogP contribution in [0.1, 0.15) is 30.1 Å². The highest BCUT2D eigenvalue weighted by molar-refractivity contribution is 5.80. The number of carbonyl (C=O) groups excluding carboxylic acids is 1. The van der Waals surface area contributed by atoms with Crippen LogP contribution in [0.3, 0.4) is 0 Å². The number of rotatable bonds is 7. The molecule has 178 valence electrons. The molecule has 0 radical (unpaired) electrons. The number of aromatic nitrogens is 2. The van der Waals surface area contributed by atoms with Gasteiger partial charge in [0.1, 0.15) is 12.4 Å². The lowest BCUT2D eigenvalue weighted by Gasteiger charge is -2.24. The van der Waals surface area contributed by atoms with Crippen molar-refractivity contribution in [2.45, 2.75) is 31.5 Å². The molecule has 34 heavy (non-hydrogen) atoms. The van der Waals surface area contributed by atoms with Crippen molar-refractivity contribution < 1.29 is 14.6 Å². The number of nitrogens with one attached hydrogen (secondary N) is 2. The maximum Gasteiger partial charge on any atom is 0.248 e. The van der Waals surface area contributed by atoms with Gasteiger partial charge in [-0.15, -0.1) is 0 Å². The van der Waals surface area contributed by atoms with E-state index in [2.05, 4.69) is 33.8 Å². The van der Waals surface area contributed by atoms with E-state index in [-0.39, 0.29) is 18.0 Å². The van der Waals surface area contributed by atoms with E-state index < -0.39 is 6.61 Å². The van der Waals surface area contributed by atoms with Gasteiger partial charge in [-0.3, -0.25) is 25.5 Å². The maximum absolute atomic E-state index is 11.7. The molecule has 1 amide bonds. The average molecular weight is 463 g/mol. The molecule has 4 heterocycles. The molecule has 2 fully saturated rings. The topological polar surface area (TPSA) is 103 Å². The SMILES string of the molecule is CN(Cc1ccc2cc(Oc3ccc(C4CCNN4)cn3)ccc2n1)[C@H]1CCN(C(=O)CO)C1. The first-order valence-corrected chi connectivity index (χ1v) is 11.7. The summed E-state index contributed by atoms with van der Waals surface area (Å²) in [5.74, 6) is 1.08. The van der Waals surface area contributed by atoms with Crippen molar-refractivity contribution in [2.24, 2.45) is 0 Å². The Kier molecular flexibility index (Phi) is 6.68. The molecule has 2 aliphatic heterocycles. The van der Waals surface area contributed by atoms with Crippen molar-refractivity contribution in [3.63, 3.8) is 0 Å². The molecule has 3 N–H and O–H groups in total. The lowest BCUT2D eigenvalue weighted by atomic mass is 10.1. The number of nitrogens with zero attached hydrogens (tertiary/aromatic N) is 4. The largest absolute Gasteiger partial charge is 0.439 e. The van der Waals surface area contributed by atoms with Gasteiger partial charge < -0.3 is 14.7 Å². The molecule has 2 saturated heterocycles. The van der Waals surface area contributed by atoms with Crippen LogP contribution in [0.25, 0.3) is 10.9 Å². The van der Waals surface area contributed by atoms with Gasteiger partial charge in [-0.05, 0) is 49.7 Å². The zero-order valence-electron chi connectivity index (χ0n) is 19.3. The molecule has 9 heteroatoms. The Morgan fingerprint density at radius 2 is 2.15 bits per heavy atom. The number of hydrazine groups is 1. The van der Waals surface area contributed by atoms with E-state index in [4.69, 9.17) is 14.8 Å². The fourth-order valence-corrected chi connectivity index (χ4v) is 4.62. The first-order chi connectivity index (χ1) is 16.6. The second kappa shape index (κ2) is 10.0. The number of hydrogen-bond donors (Lipinski definition) is 3. The van der Waals surface area contributed by atoms with Crippen LogP contribution in [0, 0.1) is 0 Å². The van der Waals surface area contributed by atoms with Crippen molar-refractivity contribution in [3.8, 4) is 11.6 Å². The molecule has 1 aromatic carbocycles. The predicted molar refractivity (Wildman–Crippen MR) is 128 cm³/mol. The summed E-state index contributed by atoms with van der Waals surface area (Å²) in [6.07, 6.45) is 3.80. The number of ether oxygens (including phenoxy) is 1. The first-order valence-electron chi connectivity index (χ1n) is 11.7. The first kappa shape index (κ1) is 22.7. The van der Waals surface area contributed by atoms with E-state index in [9.17, 15) is 4.79 Å². The molecule has 0 bridgehead atoms. The zero-order valence-corrected chi connectivity index (χ0v) is 19.3. The Balaban J connectivity index is 1.21. The van der Waals surface area contributed by atoms with Gasteiger partial charge in [0, 0.05) is 55.9 Å². The highest BCUT2D eigenvalue weighted by Gasteiger charge is 2.28. The quantitative estimate of drug-likeness (QED) is 0.490. The third kappa shape index (κ3) is 5.02. The van der Waals surface area contributed by atoms with Gasteiger partial charge >= 0.3 is 0 Å². The minimum absolute atomic E-state index is 0.202.